The maximum Gasteiger partial charge on any atom is 0.323 e. The first-order valence-electron chi connectivity index (χ1n) is 5.83. The summed E-state index contributed by atoms with van der Waals surface area (Å²) in [6.45, 7) is 9.35. The van der Waals surface area contributed by atoms with Crippen LogP contribution in [0, 0.1) is 0 Å². The van der Waals surface area contributed by atoms with Crippen molar-refractivity contribution in [3.63, 3.8) is 0 Å². The van der Waals surface area contributed by atoms with Crippen LogP contribution >= 0.6 is 0 Å². The largest absolute Gasteiger partial charge is 0.465 e. The fourth-order valence-electron chi connectivity index (χ4n) is 2.09. The fourth-order valence-corrected chi connectivity index (χ4v) is 2.09. The predicted molar refractivity (Wildman–Crippen MR) is 59.7 cm³/mol. The Balaban J connectivity index is 2.59. The normalized spacial score (nSPS) is 24.9. The molecule has 1 aliphatic rings. The molecule has 0 bridgehead atoms. The van der Waals surface area contributed by atoms with Crippen molar-refractivity contribution >= 4 is 5.97 Å². The van der Waals surface area contributed by atoms with E-state index in [0.717, 1.165) is 26.1 Å². The minimum absolute atomic E-state index is 0.0675. The molecule has 1 N–H and O–H groups in total. The second kappa shape index (κ2) is 6.08. The predicted octanol–water partition coefficient (Wildman–Crippen LogP) is 0.622. The molecular formula is C11H22N2O2. The van der Waals surface area contributed by atoms with Crippen molar-refractivity contribution in [3.05, 3.63) is 0 Å². The Morgan fingerprint density at radius 2 is 2.33 bits per heavy atom. The van der Waals surface area contributed by atoms with Gasteiger partial charge in [-0.1, -0.05) is 6.92 Å². The molecule has 1 heterocycles. The Morgan fingerprint density at radius 1 is 1.60 bits per heavy atom. The molecule has 0 aromatic carbocycles. The molecule has 15 heavy (non-hydrogen) atoms. The van der Waals surface area contributed by atoms with Crippen molar-refractivity contribution in [3.8, 4) is 0 Å². The molecule has 1 unspecified atom stereocenters. The summed E-state index contributed by atoms with van der Waals surface area (Å²) >= 11 is 0. The van der Waals surface area contributed by atoms with Crippen molar-refractivity contribution in [1.82, 2.24) is 10.2 Å². The molecule has 0 aliphatic carbocycles. The number of nitrogens with one attached hydrogen (secondary N) is 1. The maximum absolute atomic E-state index is 11.7. The molecule has 0 amide bonds. The van der Waals surface area contributed by atoms with E-state index >= 15 is 0 Å². The lowest BCUT2D eigenvalue weighted by Crippen LogP contribution is -2.56. The van der Waals surface area contributed by atoms with Gasteiger partial charge in [0.2, 0.25) is 0 Å². The average molecular weight is 214 g/mol. The SMILES string of the molecule is CCOC(=O)C(CC)N1CCNC[C@@H]1C. The molecule has 1 aliphatic heterocycles. The van der Waals surface area contributed by atoms with E-state index in [-0.39, 0.29) is 12.0 Å². The molecule has 0 saturated carbocycles. The fraction of sp³-hybridized carbons (Fsp3) is 0.909. The summed E-state index contributed by atoms with van der Waals surface area (Å²) in [7, 11) is 0. The number of esters is 1. The second-order valence-corrected chi connectivity index (χ2v) is 3.97. The van der Waals surface area contributed by atoms with E-state index < -0.39 is 0 Å². The monoisotopic (exact) mass is 214 g/mol. The van der Waals surface area contributed by atoms with Crippen LogP contribution < -0.4 is 5.32 Å². The van der Waals surface area contributed by atoms with Crippen LogP contribution in [0.4, 0.5) is 0 Å². The average Bonchev–Trinajstić information content (AvgIpc) is 2.22. The van der Waals surface area contributed by atoms with Gasteiger partial charge in [-0.2, -0.15) is 0 Å². The summed E-state index contributed by atoms with van der Waals surface area (Å²) in [6.07, 6.45) is 0.823. The summed E-state index contributed by atoms with van der Waals surface area (Å²) in [5.41, 5.74) is 0. The van der Waals surface area contributed by atoms with E-state index in [2.05, 4.69) is 17.1 Å². The van der Waals surface area contributed by atoms with Crippen molar-refractivity contribution < 1.29 is 9.53 Å². The van der Waals surface area contributed by atoms with Crippen molar-refractivity contribution in [2.24, 2.45) is 0 Å². The van der Waals surface area contributed by atoms with Crippen LogP contribution in [0.5, 0.6) is 0 Å². The van der Waals surface area contributed by atoms with Crippen LogP contribution in [-0.2, 0) is 9.53 Å². The Labute approximate surface area is 92.0 Å². The van der Waals surface area contributed by atoms with Gasteiger partial charge in [-0.25, -0.2) is 0 Å². The van der Waals surface area contributed by atoms with E-state index in [4.69, 9.17) is 4.74 Å². The first-order chi connectivity index (χ1) is 7.20. The summed E-state index contributed by atoms with van der Waals surface area (Å²) in [5.74, 6) is -0.0752. The molecule has 0 radical (unpaired) electrons. The number of ether oxygens (including phenoxy) is 1. The number of rotatable bonds is 4. The topological polar surface area (TPSA) is 41.6 Å². The van der Waals surface area contributed by atoms with Gasteiger partial charge in [-0.15, -0.1) is 0 Å². The molecular weight excluding hydrogens is 192 g/mol. The Hall–Kier alpha value is -0.610. The third-order valence-corrected chi connectivity index (χ3v) is 2.90. The smallest absolute Gasteiger partial charge is 0.323 e. The highest BCUT2D eigenvalue weighted by atomic mass is 16.5. The molecule has 0 aromatic rings. The molecule has 1 saturated heterocycles. The summed E-state index contributed by atoms with van der Waals surface area (Å²) in [6, 6.07) is 0.343. The quantitative estimate of drug-likeness (QED) is 0.697. The van der Waals surface area contributed by atoms with Gasteiger partial charge in [-0.05, 0) is 20.3 Å². The Morgan fingerprint density at radius 3 is 2.87 bits per heavy atom. The van der Waals surface area contributed by atoms with Gasteiger partial charge in [0.05, 0.1) is 6.61 Å². The number of piperazine rings is 1. The van der Waals surface area contributed by atoms with Crippen LogP contribution in [0.15, 0.2) is 0 Å². The zero-order valence-electron chi connectivity index (χ0n) is 9.95. The molecule has 1 fully saturated rings. The van der Waals surface area contributed by atoms with E-state index in [9.17, 15) is 4.79 Å². The van der Waals surface area contributed by atoms with Crippen LogP contribution in [0.3, 0.4) is 0 Å². The zero-order valence-corrected chi connectivity index (χ0v) is 9.95. The highest BCUT2D eigenvalue weighted by molar-refractivity contribution is 5.75. The summed E-state index contributed by atoms with van der Waals surface area (Å²) in [4.78, 5) is 14.0. The standard InChI is InChI=1S/C11H22N2O2/c1-4-10(11(14)15-5-2)13-7-6-12-8-9(13)3/h9-10,12H,4-8H2,1-3H3/t9-,10?/m0/s1. The van der Waals surface area contributed by atoms with Gasteiger partial charge in [0.25, 0.3) is 0 Å². The molecule has 1 rings (SSSR count). The van der Waals surface area contributed by atoms with Crippen LogP contribution in [0.2, 0.25) is 0 Å². The minimum Gasteiger partial charge on any atom is -0.465 e. The molecule has 4 heteroatoms. The lowest BCUT2D eigenvalue weighted by molar-refractivity contribution is -0.151. The molecule has 0 spiro atoms. The first-order valence-corrected chi connectivity index (χ1v) is 5.83. The minimum atomic E-state index is -0.0752. The van der Waals surface area contributed by atoms with Gasteiger partial charge in [0.15, 0.2) is 0 Å². The second-order valence-electron chi connectivity index (χ2n) is 3.97. The van der Waals surface area contributed by atoms with Crippen LogP contribution in [-0.4, -0.2) is 49.2 Å². The number of nitrogens with zero attached hydrogens (tertiary/aromatic N) is 1. The van der Waals surface area contributed by atoms with Gasteiger partial charge in [0, 0.05) is 25.7 Å². The van der Waals surface area contributed by atoms with Crippen LogP contribution in [0.1, 0.15) is 27.2 Å². The summed E-state index contributed by atoms with van der Waals surface area (Å²) in [5, 5.41) is 3.32. The van der Waals surface area contributed by atoms with Crippen molar-refractivity contribution in [2.45, 2.75) is 39.3 Å². The number of carbonyl (C=O) groups excluding carboxylic acids is 1. The van der Waals surface area contributed by atoms with Gasteiger partial charge < -0.3 is 10.1 Å². The number of hydrogen-bond donors (Lipinski definition) is 1. The van der Waals surface area contributed by atoms with E-state index in [1.54, 1.807) is 0 Å². The molecule has 4 nitrogen and oxygen atoms in total. The van der Waals surface area contributed by atoms with Gasteiger partial charge in [0.1, 0.15) is 6.04 Å². The molecule has 2 atom stereocenters. The third-order valence-electron chi connectivity index (χ3n) is 2.90. The molecule has 0 aromatic heterocycles. The van der Waals surface area contributed by atoms with Crippen molar-refractivity contribution in [2.75, 3.05) is 26.2 Å². The molecule has 88 valence electrons. The lowest BCUT2D eigenvalue weighted by Gasteiger charge is -2.38. The third kappa shape index (κ3) is 3.18. The van der Waals surface area contributed by atoms with Gasteiger partial charge in [-0.3, -0.25) is 9.69 Å². The van der Waals surface area contributed by atoms with Crippen LogP contribution in [0.25, 0.3) is 0 Å². The highest BCUT2D eigenvalue weighted by Gasteiger charge is 2.30. The highest BCUT2D eigenvalue weighted by Crippen LogP contribution is 2.12. The summed E-state index contributed by atoms with van der Waals surface area (Å²) < 4.78 is 5.10. The number of hydrogen-bond acceptors (Lipinski definition) is 4. The lowest BCUT2D eigenvalue weighted by atomic mass is 10.1. The van der Waals surface area contributed by atoms with E-state index in [1.807, 2.05) is 13.8 Å². The maximum atomic E-state index is 11.7. The van der Waals surface area contributed by atoms with E-state index in [1.165, 1.54) is 0 Å². The van der Waals surface area contributed by atoms with E-state index in [0.29, 0.717) is 12.6 Å². The Bertz CT molecular complexity index is 209. The first kappa shape index (κ1) is 12.5. The number of carbonyl (C=O) groups is 1. The Kier molecular flexibility index (Phi) is 5.05. The van der Waals surface area contributed by atoms with Gasteiger partial charge >= 0.3 is 5.97 Å². The van der Waals surface area contributed by atoms with Crippen molar-refractivity contribution in [1.29, 1.82) is 0 Å². The zero-order chi connectivity index (χ0) is 11.3.